The Bertz CT molecular complexity index is 461. The van der Waals surface area contributed by atoms with Crippen LogP contribution in [0.4, 0.5) is 11.4 Å². The molecular weight excluding hydrogens is 266 g/mol. The van der Waals surface area contributed by atoms with Gasteiger partial charge < -0.3 is 21.1 Å². The highest BCUT2D eigenvalue weighted by Crippen LogP contribution is 2.23. The van der Waals surface area contributed by atoms with Gasteiger partial charge in [-0.25, -0.2) is 0 Å². The van der Waals surface area contributed by atoms with Crippen molar-refractivity contribution in [3.05, 3.63) is 18.2 Å². The molecule has 5 nitrogen and oxygen atoms in total. The summed E-state index contributed by atoms with van der Waals surface area (Å²) in [6.07, 6.45) is 1.46. The van der Waals surface area contributed by atoms with Gasteiger partial charge >= 0.3 is 0 Å². The van der Waals surface area contributed by atoms with Crippen LogP contribution < -0.4 is 21.1 Å². The first-order valence-electron chi connectivity index (χ1n) is 7.51. The molecule has 1 atom stereocenters. The summed E-state index contributed by atoms with van der Waals surface area (Å²) in [6.45, 7) is 8.54. The fourth-order valence-electron chi connectivity index (χ4n) is 1.83. The van der Waals surface area contributed by atoms with E-state index >= 15 is 0 Å². The van der Waals surface area contributed by atoms with Gasteiger partial charge in [0.15, 0.2) is 0 Å². The smallest absolute Gasteiger partial charge is 0.221 e. The number of ether oxygens (including phenoxy) is 1. The Morgan fingerprint density at radius 3 is 2.62 bits per heavy atom. The number of nitrogen functional groups attached to an aromatic ring is 1. The number of amides is 1. The molecule has 0 saturated carbocycles. The zero-order valence-electron chi connectivity index (χ0n) is 13.4. The molecule has 0 fully saturated rings. The van der Waals surface area contributed by atoms with Crippen molar-refractivity contribution in [1.29, 1.82) is 0 Å². The number of hydrogen-bond acceptors (Lipinski definition) is 4. The first-order valence-corrected chi connectivity index (χ1v) is 7.51. The summed E-state index contributed by atoms with van der Waals surface area (Å²) in [5, 5.41) is 6.14. The number of carbonyl (C=O) groups excluding carboxylic acids is 1. The summed E-state index contributed by atoms with van der Waals surface area (Å²) in [5.41, 5.74) is 7.35. The van der Waals surface area contributed by atoms with Gasteiger partial charge in [0.2, 0.25) is 5.91 Å². The van der Waals surface area contributed by atoms with Crippen LogP contribution in [0.2, 0.25) is 0 Å². The third-order valence-electron chi connectivity index (χ3n) is 3.00. The molecule has 0 bridgehead atoms. The molecule has 1 rings (SSSR count). The van der Waals surface area contributed by atoms with Crippen molar-refractivity contribution in [3.63, 3.8) is 0 Å². The average molecular weight is 293 g/mol. The molecule has 1 aromatic carbocycles. The molecule has 0 heterocycles. The lowest BCUT2D eigenvalue weighted by Gasteiger charge is -2.14. The van der Waals surface area contributed by atoms with E-state index in [0.29, 0.717) is 18.7 Å². The lowest BCUT2D eigenvalue weighted by molar-refractivity contribution is -0.121. The van der Waals surface area contributed by atoms with E-state index in [9.17, 15) is 4.79 Å². The Morgan fingerprint density at radius 2 is 2.00 bits per heavy atom. The average Bonchev–Trinajstić information content (AvgIpc) is 2.36. The number of rotatable bonds is 8. The van der Waals surface area contributed by atoms with E-state index in [2.05, 4.69) is 10.6 Å². The molecule has 1 amide bonds. The highest BCUT2D eigenvalue weighted by molar-refractivity contribution is 5.76. The van der Waals surface area contributed by atoms with Gasteiger partial charge in [0.05, 0.1) is 6.10 Å². The van der Waals surface area contributed by atoms with E-state index in [1.807, 2.05) is 39.8 Å². The van der Waals surface area contributed by atoms with Crippen LogP contribution in [0, 0.1) is 0 Å². The molecule has 5 heteroatoms. The molecule has 0 saturated heterocycles. The minimum absolute atomic E-state index is 0.0550. The highest BCUT2D eigenvalue weighted by atomic mass is 16.5. The van der Waals surface area contributed by atoms with Gasteiger partial charge in [0.1, 0.15) is 5.75 Å². The van der Waals surface area contributed by atoms with E-state index in [1.165, 1.54) is 0 Å². The van der Waals surface area contributed by atoms with Crippen molar-refractivity contribution < 1.29 is 9.53 Å². The van der Waals surface area contributed by atoms with E-state index in [4.69, 9.17) is 10.5 Å². The van der Waals surface area contributed by atoms with Gasteiger partial charge in [0.25, 0.3) is 0 Å². The predicted molar refractivity (Wildman–Crippen MR) is 87.6 cm³/mol. The Labute approximate surface area is 127 Å². The topological polar surface area (TPSA) is 76.4 Å². The van der Waals surface area contributed by atoms with Crippen LogP contribution in [-0.4, -0.2) is 24.6 Å². The minimum Gasteiger partial charge on any atom is -0.491 e. The molecule has 0 aliphatic carbocycles. The van der Waals surface area contributed by atoms with Crippen LogP contribution in [-0.2, 0) is 4.79 Å². The van der Waals surface area contributed by atoms with E-state index in [0.717, 1.165) is 17.9 Å². The maximum Gasteiger partial charge on any atom is 0.221 e. The van der Waals surface area contributed by atoms with Crippen LogP contribution in [0.15, 0.2) is 18.2 Å². The summed E-state index contributed by atoms with van der Waals surface area (Å²) in [6, 6.07) is 5.74. The molecule has 4 N–H and O–H groups in total. The van der Waals surface area contributed by atoms with Gasteiger partial charge in [-0.05, 0) is 33.3 Å². The van der Waals surface area contributed by atoms with Gasteiger partial charge in [-0.2, -0.15) is 0 Å². The third-order valence-corrected chi connectivity index (χ3v) is 3.00. The molecule has 0 aromatic heterocycles. The van der Waals surface area contributed by atoms with Gasteiger partial charge in [-0.3, -0.25) is 4.79 Å². The second-order valence-electron chi connectivity index (χ2n) is 5.51. The van der Waals surface area contributed by atoms with Crippen molar-refractivity contribution in [1.82, 2.24) is 5.32 Å². The first kappa shape index (κ1) is 17.1. The molecular formula is C16H27N3O2. The standard InChI is InChI=1S/C16H27N3O2/c1-5-12(4)19-16(20)6-7-18-14-8-13(17)9-15(10-14)21-11(2)3/h8-12,18H,5-7,17H2,1-4H3,(H,19,20). The lowest BCUT2D eigenvalue weighted by Crippen LogP contribution is -2.32. The largest absolute Gasteiger partial charge is 0.491 e. The van der Waals surface area contributed by atoms with Crippen LogP contribution >= 0.6 is 0 Å². The van der Waals surface area contributed by atoms with E-state index in [-0.39, 0.29) is 18.1 Å². The SMILES string of the molecule is CCC(C)NC(=O)CCNc1cc(N)cc(OC(C)C)c1. The lowest BCUT2D eigenvalue weighted by atomic mass is 10.2. The number of benzene rings is 1. The second-order valence-corrected chi connectivity index (χ2v) is 5.51. The zero-order valence-corrected chi connectivity index (χ0v) is 13.4. The van der Waals surface area contributed by atoms with Crippen molar-refractivity contribution in [2.75, 3.05) is 17.6 Å². The van der Waals surface area contributed by atoms with Crippen molar-refractivity contribution in [2.24, 2.45) is 0 Å². The Hall–Kier alpha value is -1.91. The molecule has 1 aromatic rings. The highest BCUT2D eigenvalue weighted by Gasteiger charge is 2.06. The van der Waals surface area contributed by atoms with Crippen molar-refractivity contribution >= 4 is 17.3 Å². The van der Waals surface area contributed by atoms with Crippen LogP contribution in [0.1, 0.15) is 40.5 Å². The quantitative estimate of drug-likeness (QED) is 0.644. The van der Waals surface area contributed by atoms with Crippen LogP contribution in [0.25, 0.3) is 0 Å². The molecule has 0 aliphatic rings. The fourth-order valence-corrected chi connectivity index (χ4v) is 1.83. The fraction of sp³-hybridized carbons (Fsp3) is 0.562. The molecule has 21 heavy (non-hydrogen) atoms. The minimum atomic E-state index is 0.0550. The molecule has 118 valence electrons. The normalized spacial score (nSPS) is 12.0. The number of nitrogens with one attached hydrogen (secondary N) is 2. The third kappa shape index (κ3) is 6.88. The summed E-state index contributed by atoms with van der Waals surface area (Å²) in [5.74, 6) is 0.788. The number of anilines is 2. The van der Waals surface area contributed by atoms with E-state index in [1.54, 1.807) is 6.07 Å². The monoisotopic (exact) mass is 293 g/mol. The van der Waals surface area contributed by atoms with E-state index < -0.39 is 0 Å². The molecule has 0 radical (unpaired) electrons. The second kappa shape index (κ2) is 8.39. The summed E-state index contributed by atoms with van der Waals surface area (Å²) in [4.78, 5) is 11.7. The van der Waals surface area contributed by atoms with Crippen molar-refractivity contribution in [2.45, 2.75) is 52.7 Å². The number of hydrogen-bond donors (Lipinski definition) is 3. The number of nitrogens with two attached hydrogens (primary N) is 1. The van der Waals surface area contributed by atoms with Gasteiger partial charge in [0, 0.05) is 42.5 Å². The number of carbonyl (C=O) groups is 1. The Kier molecular flexibility index (Phi) is 6.85. The van der Waals surface area contributed by atoms with Crippen LogP contribution in [0.5, 0.6) is 5.75 Å². The Balaban J connectivity index is 2.48. The summed E-state index contributed by atoms with van der Waals surface area (Å²) in [7, 11) is 0. The van der Waals surface area contributed by atoms with Gasteiger partial charge in [-0.1, -0.05) is 6.92 Å². The van der Waals surface area contributed by atoms with Gasteiger partial charge in [-0.15, -0.1) is 0 Å². The molecule has 1 unspecified atom stereocenters. The summed E-state index contributed by atoms with van der Waals surface area (Å²) < 4.78 is 5.63. The maximum absolute atomic E-state index is 11.7. The maximum atomic E-state index is 11.7. The Morgan fingerprint density at radius 1 is 1.29 bits per heavy atom. The van der Waals surface area contributed by atoms with Crippen molar-refractivity contribution in [3.8, 4) is 5.75 Å². The summed E-state index contributed by atoms with van der Waals surface area (Å²) >= 11 is 0. The first-order chi connectivity index (χ1) is 9.90. The molecule has 0 spiro atoms. The zero-order chi connectivity index (χ0) is 15.8. The molecule has 0 aliphatic heterocycles. The van der Waals surface area contributed by atoms with Crippen LogP contribution in [0.3, 0.4) is 0 Å². The predicted octanol–water partition coefficient (Wildman–Crippen LogP) is 2.77.